The van der Waals surface area contributed by atoms with Crippen LogP contribution < -0.4 is 0 Å². The maximum Gasteiger partial charge on any atom is 0.0431 e. The van der Waals surface area contributed by atoms with Crippen LogP contribution in [0, 0.1) is 23.7 Å². The molecule has 96 valence electrons. The fourth-order valence-corrected chi connectivity index (χ4v) is 1.44. The third-order valence-electron chi connectivity index (χ3n) is 2.49. The summed E-state index contributed by atoms with van der Waals surface area (Å²) in [6, 6.07) is 0. The van der Waals surface area contributed by atoms with E-state index in [2.05, 4.69) is 30.6 Å². The van der Waals surface area contributed by atoms with Crippen LogP contribution in [-0.4, -0.2) is 11.7 Å². The Kier molecular flexibility index (Phi) is 14.3. The largest absolute Gasteiger partial charge is 0.396 e. The van der Waals surface area contributed by atoms with Gasteiger partial charge in [0, 0.05) is 32.3 Å². The van der Waals surface area contributed by atoms with Crippen LogP contribution in [0.3, 0.4) is 0 Å². The Morgan fingerprint density at radius 1 is 0.647 bits per heavy atom. The molecule has 0 heterocycles. The van der Waals surface area contributed by atoms with Crippen molar-refractivity contribution in [1.29, 1.82) is 0 Å². The van der Waals surface area contributed by atoms with Crippen LogP contribution in [0.5, 0.6) is 0 Å². The van der Waals surface area contributed by atoms with E-state index in [1.165, 1.54) is 25.7 Å². The molecule has 0 aliphatic rings. The molecule has 1 nitrogen and oxygen atoms in total. The summed E-state index contributed by atoms with van der Waals surface area (Å²) >= 11 is 0. The van der Waals surface area contributed by atoms with E-state index in [1.54, 1.807) is 0 Å². The first-order chi connectivity index (χ1) is 8.41. The van der Waals surface area contributed by atoms with Crippen molar-refractivity contribution < 1.29 is 5.11 Å². The quantitative estimate of drug-likeness (QED) is 0.499. The fourth-order valence-electron chi connectivity index (χ4n) is 1.44. The zero-order chi connectivity index (χ0) is 12.6. The van der Waals surface area contributed by atoms with Crippen LogP contribution in [0.1, 0.15) is 71.1 Å². The third kappa shape index (κ3) is 15.1. The molecule has 0 fully saturated rings. The second kappa shape index (κ2) is 15.1. The summed E-state index contributed by atoms with van der Waals surface area (Å²) in [4.78, 5) is 0. The van der Waals surface area contributed by atoms with Crippen molar-refractivity contribution in [3.8, 4) is 23.7 Å². The van der Waals surface area contributed by atoms with Crippen molar-refractivity contribution >= 4 is 0 Å². The first-order valence-electron chi connectivity index (χ1n) is 6.94. The lowest BCUT2D eigenvalue weighted by atomic mass is 10.1. The number of rotatable bonds is 8. The van der Waals surface area contributed by atoms with Crippen LogP contribution in [0.2, 0.25) is 0 Å². The Hall–Kier alpha value is -0.920. The summed E-state index contributed by atoms with van der Waals surface area (Å²) in [5.74, 6) is 12.6. The second-order valence-electron chi connectivity index (χ2n) is 4.20. The van der Waals surface area contributed by atoms with Crippen LogP contribution >= 0.6 is 0 Å². The van der Waals surface area contributed by atoms with E-state index in [-0.39, 0.29) is 6.61 Å². The molecule has 0 saturated heterocycles. The minimum Gasteiger partial charge on any atom is -0.396 e. The molecule has 0 spiro atoms. The molecule has 17 heavy (non-hydrogen) atoms. The highest BCUT2D eigenvalue weighted by Gasteiger charge is 1.84. The Balaban J connectivity index is 3.23. The summed E-state index contributed by atoms with van der Waals surface area (Å²) in [7, 11) is 0. The molecular formula is C16H26O. The predicted octanol–water partition coefficient (Wildman–Crippen LogP) is 3.91. The molecule has 0 amide bonds. The molecule has 0 radical (unpaired) electrons. The van der Waals surface area contributed by atoms with E-state index in [1.807, 2.05) is 0 Å². The summed E-state index contributed by atoms with van der Waals surface area (Å²) in [5, 5.41) is 8.58. The molecule has 0 aromatic heterocycles. The van der Waals surface area contributed by atoms with Gasteiger partial charge in [0.1, 0.15) is 0 Å². The normalized spacial score (nSPS) is 9.06. The number of unbranched alkanes of at least 4 members (excludes halogenated alkanes) is 7. The third-order valence-corrected chi connectivity index (χ3v) is 2.49. The first-order valence-corrected chi connectivity index (χ1v) is 6.94. The van der Waals surface area contributed by atoms with Crippen LogP contribution in [0.4, 0.5) is 0 Å². The van der Waals surface area contributed by atoms with Gasteiger partial charge in [0.25, 0.3) is 0 Å². The molecular weight excluding hydrogens is 208 g/mol. The predicted molar refractivity (Wildman–Crippen MR) is 74.5 cm³/mol. The van der Waals surface area contributed by atoms with Gasteiger partial charge in [-0.15, -0.1) is 23.7 Å². The molecule has 0 aromatic rings. The lowest BCUT2D eigenvalue weighted by molar-refractivity contribution is 0.285. The zero-order valence-corrected chi connectivity index (χ0v) is 11.2. The van der Waals surface area contributed by atoms with Crippen molar-refractivity contribution in [2.45, 2.75) is 71.1 Å². The molecule has 0 rings (SSSR count). The van der Waals surface area contributed by atoms with Gasteiger partial charge in [-0.2, -0.15) is 0 Å². The lowest BCUT2D eigenvalue weighted by Gasteiger charge is -1.91. The summed E-state index contributed by atoms with van der Waals surface area (Å²) in [6.45, 7) is 2.51. The van der Waals surface area contributed by atoms with Gasteiger partial charge in [0.15, 0.2) is 0 Å². The average Bonchev–Trinajstić information content (AvgIpc) is 2.35. The van der Waals surface area contributed by atoms with Gasteiger partial charge >= 0.3 is 0 Å². The number of hydrogen-bond acceptors (Lipinski definition) is 1. The Morgan fingerprint density at radius 2 is 1.18 bits per heavy atom. The van der Waals surface area contributed by atoms with Gasteiger partial charge in [0.05, 0.1) is 0 Å². The van der Waals surface area contributed by atoms with Crippen LogP contribution in [0.15, 0.2) is 0 Å². The van der Waals surface area contributed by atoms with Crippen molar-refractivity contribution in [2.75, 3.05) is 6.61 Å². The van der Waals surface area contributed by atoms with Crippen molar-refractivity contribution in [1.82, 2.24) is 0 Å². The topological polar surface area (TPSA) is 20.2 Å². The summed E-state index contributed by atoms with van der Waals surface area (Å²) in [6.07, 6.45) is 10.8. The molecule has 0 saturated carbocycles. The molecule has 0 bridgehead atoms. The van der Waals surface area contributed by atoms with Gasteiger partial charge in [-0.05, 0) is 19.3 Å². The molecule has 0 aliphatic heterocycles. The molecule has 0 aliphatic carbocycles. The standard InChI is InChI=1S/C16H26O/c1-2-3-4-5-6-7-8-9-10-11-12-13-14-15-16-17/h17H,2-6,9-10,13-16H2,1H3. The maximum absolute atomic E-state index is 8.58. The highest BCUT2D eigenvalue weighted by molar-refractivity contribution is 5.05. The van der Waals surface area contributed by atoms with E-state index < -0.39 is 0 Å². The lowest BCUT2D eigenvalue weighted by Crippen LogP contribution is -1.80. The number of aliphatic hydroxyl groups is 1. The first kappa shape index (κ1) is 16.1. The van der Waals surface area contributed by atoms with Crippen molar-refractivity contribution in [2.24, 2.45) is 0 Å². The molecule has 1 N–H and O–H groups in total. The molecule has 0 unspecified atom stereocenters. The number of aliphatic hydroxyl groups excluding tert-OH is 1. The van der Waals surface area contributed by atoms with Gasteiger partial charge in [0.2, 0.25) is 0 Å². The van der Waals surface area contributed by atoms with E-state index in [0.717, 1.165) is 38.5 Å². The van der Waals surface area contributed by atoms with E-state index in [0.29, 0.717) is 0 Å². The van der Waals surface area contributed by atoms with Gasteiger partial charge < -0.3 is 5.11 Å². The van der Waals surface area contributed by atoms with E-state index in [4.69, 9.17) is 5.11 Å². The fraction of sp³-hybridized carbons (Fsp3) is 0.750. The van der Waals surface area contributed by atoms with E-state index in [9.17, 15) is 0 Å². The maximum atomic E-state index is 8.58. The molecule has 0 aromatic carbocycles. The smallest absolute Gasteiger partial charge is 0.0431 e. The van der Waals surface area contributed by atoms with Gasteiger partial charge in [-0.25, -0.2) is 0 Å². The minimum atomic E-state index is 0.283. The van der Waals surface area contributed by atoms with Crippen LogP contribution in [-0.2, 0) is 0 Å². The molecule has 1 heteroatoms. The summed E-state index contributed by atoms with van der Waals surface area (Å²) < 4.78 is 0. The zero-order valence-electron chi connectivity index (χ0n) is 11.2. The summed E-state index contributed by atoms with van der Waals surface area (Å²) in [5.41, 5.74) is 0. The van der Waals surface area contributed by atoms with Crippen molar-refractivity contribution in [3.05, 3.63) is 0 Å². The highest BCUT2D eigenvalue weighted by Crippen LogP contribution is 2.01. The van der Waals surface area contributed by atoms with Gasteiger partial charge in [-0.1, -0.05) is 26.2 Å². The average molecular weight is 234 g/mol. The van der Waals surface area contributed by atoms with Gasteiger partial charge in [-0.3, -0.25) is 0 Å². The highest BCUT2D eigenvalue weighted by atomic mass is 16.2. The Labute approximate surface area is 107 Å². The monoisotopic (exact) mass is 234 g/mol. The SMILES string of the molecule is CCCCCCC#CCCC#CCCCCO. The van der Waals surface area contributed by atoms with Crippen LogP contribution in [0.25, 0.3) is 0 Å². The Bertz CT molecular complexity index is 259. The minimum absolute atomic E-state index is 0.283. The Morgan fingerprint density at radius 3 is 1.71 bits per heavy atom. The van der Waals surface area contributed by atoms with E-state index >= 15 is 0 Å². The van der Waals surface area contributed by atoms with Crippen molar-refractivity contribution in [3.63, 3.8) is 0 Å². The second-order valence-corrected chi connectivity index (χ2v) is 4.20. The molecule has 0 atom stereocenters. The number of hydrogen-bond donors (Lipinski definition) is 1.